The second kappa shape index (κ2) is 5.40. The van der Waals surface area contributed by atoms with Gasteiger partial charge in [-0.05, 0) is 43.3 Å². The second-order valence-electron chi connectivity index (χ2n) is 5.03. The average Bonchev–Trinajstić information content (AvgIpc) is 3.07. The number of nitrogens with two attached hydrogens (primary N) is 1. The largest absolute Gasteiger partial charge is 0.475 e. The summed E-state index contributed by atoms with van der Waals surface area (Å²) in [6.45, 7) is 2.32. The van der Waals surface area contributed by atoms with Crippen molar-refractivity contribution in [3.8, 4) is 11.4 Å². The number of aromatic nitrogens is 2. The predicted molar refractivity (Wildman–Crippen MR) is 81.6 cm³/mol. The van der Waals surface area contributed by atoms with Crippen molar-refractivity contribution in [2.24, 2.45) is 0 Å². The zero-order valence-electron chi connectivity index (χ0n) is 12.0. The van der Waals surface area contributed by atoms with Crippen LogP contribution in [0.15, 0.2) is 47.0 Å². The van der Waals surface area contributed by atoms with Gasteiger partial charge in [-0.3, -0.25) is 0 Å². The molecule has 0 radical (unpaired) electrons. The van der Waals surface area contributed by atoms with Gasteiger partial charge in [-0.2, -0.15) is 0 Å². The number of carboxylic acids is 1. The van der Waals surface area contributed by atoms with Gasteiger partial charge < -0.3 is 19.8 Å². The van der Waals surface area contributed by atoms with E-state index in [-0.39, 0.29) is 5.76 Å². The molecule has 0 aliphatic carbocycles. The fourth-order valence-corrected chi connectivity index (χ4v) is 2.28. The van der Waals surface area contributed by atoms with Gasteiger partial charge in [-0.25, -0.2) is 9.78 Å². The highest BCUT2D eigenvalue weighted by Crippen LogP contribution is 2.22. The van der Waals surface area contributed by atoms with Gasteiger partial charge in [0.05, 0.1) is 12.2 Å². The summed E-state index contributed by atoms with van der Waals surface area (Å²) >= 11 is 0. The lowest BCUT2D eigenvalue weighted by Crippen LogP contribution is -2.00. The fraction of sp³-hybridized carbons (Fsp3) is 0.125. The maximum atomic E-state index is 10.9. The number of anilines is 1. The molecule has 0 bridgehead atoms. The Morgan fingerprint density at radius 1 is 1.27 bits per heavy atom. The Morgan fingerprint density at radius 3 is 2.64 bits per heavy atom. The number of rotatable bonds is 4. The number of furan rings is 1. The molecule has 0 amide bonds. The monoisotopic (exact) mass is 297 g/mol. The van der Waals surface area contributed by atoms with Gasteiger partial charge in [-0.15, -0.1) is 0 Å². The molecule has 0 aliphatic heterocycles. The first-order valence-corrected chi connectivity index (χ1v) is 6.74. The molecule has 22 heavy (non-hydrogen) atoms. The van der Waals surface area contributed by atoms with E-state index in [2.05, 4.69) is 4.98 Å². The quantitative estimate of drug-likeness (QED) is 0.722. The van der Waals surface area contributed by atoms with Crippen LogP contribution >= 0.6 is 0 Å². The highest BCUT2D eigenvalue weighted by atomic mass is 16.4. The summed E-state index contributed by atoms with van der Waals surface area (Å²) in [4.78, 5) is 15.4. The first kappa shape index (κ1) is 13.9. The number of aromatic carboxylic acids is 1. The van der Waals surface area contributed by atoms with E-state index in [9.17, 15) is 4.79 Å². The summed E-state index contributed by atoms with van der Waals surface area (Å²) < 4.78 is 7.22. The molecule has 6 heteroatoms. The lowest BCUT2D eigenvalue weighted by atomic mass is 10.2. The van der Waals surface area contributed by atoms with E-state index < -0.39 is 5.97 Å². The van der Waals surface area contributed by atoms with Crippen LogP contribution in [0.1, 0.15) is 22.0 Å². The Balaban J connectivity index is 1.93. The summed E-state index contributed by atoms with van der Waals surface area (Å²) in [6, 6.07) is 10.5. The number of aryl methyl sites for hydroxylation is 1. The van der Waals surface area contributed by atoms with Crippen LogP contribution in [-0.4, -0.2) is 20.6 Å². The SMILES string of the molecule is Cc1cn(Cc2ccc(C(=O)O)o2)c(-c2ccc(N)cc2)n1. The molecule has 112 valence electrons. The molecule has 2 heterocycles. The molecule has 1 aromatic carbocycles. The van der Waals surface area contributed by atoms with Crippen LogP contribution in [0.25, 0.3) is 11.4 Å². The number of nitrogen functional groups attached to an aromatic ring is 1. The van der Waals surface area contributed by atoms with Crippen molar-refractivity contribution in [3.05, 3.63) is 59.8 Å². The van der Waals surface area contributed by atoms with Crippen LogP contribution in [0, 0.1) is 6.92 Å². The van der Waals surface area contributed by atoms with Crippen molar-refractivity contribution in [3.63, 3.8) is 0 Å². The summed E-state index contributed by atoms with van der Waals surface area (Å²) in [7, 11) is 0. The molecule has 6 nitrogen and oxygen atoms in total. The third-order valence-corrected chi connectivity index (χ3v) is 3.26. The minimum atomic E-state index is -1.08. The highest BCUT2D eigenvalue weighted by Gasteiger charge is 2.13. The van der Waals surface area contributed by atoms with E-state index in [1.54, 1.807) is 6.07 Å². The van der Waals surface area contributed by atoms with Gasteiger partial charge in [0.1, 0.15) is 11.6 Å². The Morgan fingerprint density at radius 2 is 2.00 bits per heavy atom. The second-order valence-corrected chi connectivity index (χ2v) is 5.03. The van der Waals surface area contributed by atoms with Crippen LogP contribution in [0.5, 0.6) is 0 Å². The fourth-order valence-electron chi connectivity index (χ4n) is 2.28. The third kappa shape index (κ3) is 2.71. The van der Waals surface area contributed by atoms with E-state index >= 15 is 0 Å². The lowest BCUT2D eigenvalue weighted by Gasteiger charge is -2.06. The summed E-state index contributed by atoms with van der Waals surface area (Å²) in [5.41, 5.74) is 8.20. The molecule has 3 rings (SSSR count). The first-order chi connectivity index (χ1) is 10.5. The topological polar surface area (TPSA) is 94.3 Å². The predicted octanol–water partition coefficient (Wildman–Crippen LogP) is 2.78. The van der Waals surface area contributed by atoms with Gasteiger partial charge in [0.25, 0.3) is 0 Å². The Hall–Kier alpha value is -3.02. The zero-order chi connectivity index (χ0) is 15.7. The number of carbonyl (C=O) groups is 1. The van der Waals surface area contributed by atoms with Crippen molar-refractivity contribution in [2.75, 3.05) is 5.73 Å². The Labute approximate surface area is 126 Å². The number of imidazole rings is 1. The summed E-state index contributed by atoms with van der Waals surface area (Å²) in [5, 5.41) is 8.90. The molecule has 0 saturated carbocycles. The molecule has 3 aromatic rings. The molecular formula is C16H15N3O3. The van der Waals surface area contributed by atoms with Crippen molar-refractivity contribution in [1.82, 2.24) is 9.55 Å². The number of carboxylic acid groups (broad SMARTS) is 1. The smallest absolute Gasteiger partial charge is 0.371 e. The van der Waals surface area contributed by atoms with Gasteiger partial charge in [-0.1, -0.05) is 0 Å². The lowest BCUT2D eigenvalue weighted by molar-refractivity contribution is 0.0660. The number of nitrogens with zero attached hydrogens (tertiary/aromatic N) is 2. The molecule has 0 saturated heterocycles. The van der Waals surface area contributed by atoms with Crippen LogP contribution in [0.4, 0.5) is 5.69 Å². The molecule has 2 aromatic heterocycles. The van der Waals surface area contributed by atoms with E-state index in [0.717, 1.165) is 17.1 Å². The normalized spacial score (nSPS) is 10.8. The minimum absolute atomic E-state index is 0.0686. The van der Waals surface area contributed by atoms with Crippen LogP contribution in [-0.2, 0) is 6.54 Å². The van der Waals surface area contributed by atoms with Crippen molar-refractivity contribution in [1.29, 1.82) is 0 Å². The van der Waals surface area contributed by atoms with Gasteiger partial charge in [0.2, 0.25) is 5.76 Å². The highest BCUT2D eigenvalue weighted by molar-refractivity contribution is 5.84. The van der Waals surface area contributed by atoms with E-state index in [0.29, 0.717) is 18.0 Å². The van der Waals surface area contributed by atoms with E-state index in [1.807, 2.05) is 42.0 Å². The van der Waals surface area contributed by atoms with Crippen molar-refractivity contribution >= 4 is 11.7 Å². The van der Waals surface area contributed by atoms with Gasteiger partial charge in [0, 0.05) is 17.4 Å². The van der Waals surface area contributed by atoms with Crippen molar-refractivity contribution < 1.29 is 14.3 Å². The Bertz CT molecular complexity index is 816. The van der Waals surface area contributed by atoms with Crippen LogP contribution < -0.4 is 5.73 Å². The van der Waals surface area contributed by atoms with Gasteiger partial charge in [0.15, 0.2) is 0 Å². The zero-order valence-corrected chi connectivity index (χ0v) is 12.0. The first-order valence-electron chi connectivity index (χ1n) is 6.74. The minimum Gasteiger partial charge on any atom is -0.475 e. The van der Waals surface area contributed by atoms with Crippen LogP contribution in [0.2, 0.25) is 0 Å². The number of hydrogen-bond acceptors (Lipinski definition) is 4. The molecule has 0 fully saturated rings. The van der Waals surface area contributed by atoms with Crippen LogP contribution in [0.3, 0.4) is 0 Å². The maximum absolute atomic E-state index is 10.9. The molecule has 0 spiro atoms. The third-order valence-electron chi connectivity index (χ3n) is 3.26. The van der Waals surface area contributed by atoms with E-state index in [1.165, 1.54) is 6.07 Å². The Kier molecular flexibility index (Phi) is 3.42. The molecule has 3 N–H and O–H groups in total. The average molecular weight is 297 g/mol. The summed E-state index contributed by atoms with van der Waals surface area (Å²) in [5.74, 6) is 0.199. The number of hydrogen-bond donors (Lipinski definition) is 2. The standard InChI is InChI=1S/C16H15N3O3/c1-10-8-19(9-13-6-7-14(22-13)16(20)21)15(18-10)11-2-4-12(17)5-3-11/h2-8H,9,17H2,1H3,(H,20,21). The maximum Gasteiger partial charge on any atom is 0.371 e. The van der Waals surface area contributed by atoms with Crippen molar-refractivity contribution in [2.45, 2.75) is 13.5 Å². The summed E-state index contributed by atoms with van der Waals surface area (Å²) in [6.07, 6.45) is 1.90. The van der Waals surface area contributed by atoms with E-state index in [4.69, 9.17) is 15.3 Å². The number of benzene rings is 1. The molecule has 0 atom stereocenters. The molecular weight excluding hydrogens is 282 g/mol. The van der Waals surface area contributed by atoms with Gasteiger partial charge >= 0.3 is 5.97 Å². The molecule has 0 unspecified atom stereocenters. The molecule has 0 aliphatic rings.